The van der Waals surface area contributed by atoms with Gasteiger partial charge in [0, 0.05) is 53.1 Å². The summed E-state index contributed by atoms with van der Waals surface area (Å²) >= 11 is 0. The third kappa shape index (κ3) is 6.03. The fraction of sp³-hybridized carbons (Fsp3) is 0.500. The van der Waals surface area contributed by atoms with Crippen LogP contribution in [0.3, 0.4) is 0 Å². The van der Waals surface area contributed by atoms with E-state index in [-0.39, 0.29) is 17.7 Å². The van der Waals surface area contributed by atoms with Gasteiger partial charge in [-0.2, -0.15) is 0 Å². The molecule has 1 aromatic heterocycles. The molecule has 1 aromatic carbocycles. The molecular weight excluding hydrogens is 390 g/mol. The lowest BCUT2D eigenvalue weighted by atomic mass is 9.97. The Morgan fingerprint density at radius 2 is 1.94 bits per heavy atom. The topological polar surface area (TPSA) is 69.6 Å². The summed E-state index contributed by atoms with van der Waals surface area (Å²) in [7, 11) is 5.71. The molecule has 2 aromatic rings. The molecule has 1 fully saturated rings. The van der Waals surface area contributed by atoms with Gasteiger partial charge in [0.1, 0.15) is 11.6 Å². The van der Waals surface area contributed by atoms with Crippen molar-refractivity contribution in [3.05, 3.63) is 53.0 Å². The predicted molar refractivity (Wildman–Crippen MR) is 122 cm³/mol. The van der Waals surface area contributed by atoms with Crippen LogP contribution in [0.25, 0.3) is 0 Å². The first-order valence-electron chi connectivity index (χ1n) is 10.8. The second-order valence-corrected chi connectivity index (χ2v) is 8.69. The summed E-state index contributed by atoms with van der Waals surface area (Å²) in [5, 5.41) is 0. The Morgan fingerprint density at radius 3 is 2.61 bits per heavy atom. The Bertz CT molecular complexity index is 943. The quantitative estimate of drug-likeness (QED) is 0.715. The highest BCUT2D eigenvalue weighted by Gasteiger charge is 2.26. The molecule has 0 bridgehead atoms. The number of likely N-dealkylation sites (tertiary alicyclic amines) is 1. The zero-order valence-electron chi connectivity index (χ0n) is 19.3. The Balaban J connectivity index is 1.77. The molecule has 2 heterocycles. The Hall–Kier alpha value is -2.96. The maximum atomic E-state index is 12.8. The molecule has 0 aliphatic carbocycles. The van der Waals surface area contributed by atoms with Crippen LogP contribution in [-0.2, 0) is 22.6 Å². The number of benzene rings is 1. The van der Waals surface area contributed by atoms with Crippen LogP contribution < -0.4 is 4.90 Å². The van der Waals surface area contributed by atoms with Crippen molar-refractivity contribution in [2.75, 3.05) is 39.1 Å². The number of piperidine rings is 1. The maximum absolute atomic E-state index is 12.8. The van der Waals surface area contributed by atoms with E-state index < -0.39 is 0 Å². The lowest BCUT2D eigenvalue weighted by molar-refractivity contribution is -0.130. The molecule has 1 aliphatic heterocycles. The number of rotatable bonds is 6. The van der Waals surface area contributed by atoms with E-state index in [2.05, 4.69) is 0 Å². The molecule has 31 heavy (non-hydrogen) atoms. The normalized spacial score (nSPS) is 16.2. The second kappa shape index (κ2) is 9.90. The SMILES string of the molecule is CC(=O)N1CCCC(c2nc(CN(C)C(=O)Cc3cccc(C)c3)cc(N(C)C)n2)C1. The van der Waals surface area contributed by atoms with Crippen LogP contribution in [0.4, 0.5) is 5.82 Å². The Kier molecular flexibility index (Phi) is 7.25. The minimum Gasteiger partial charge on any atom is -0.363 e. The van der Waals surface area contributed by atoms with Gasteiger partial charge in [0.15, 0.2) is 0 Å². The number of aromatic nitrogens is 2. The van der Waals surface area contributed by atoms with Crippen molar-refractivity contribution in [1.29, 1.82) is 0 Å². The van der Waals surface area contributed by atoms with Crippen molar-refractivity contribution in [2.24, 2.45) is 0 Å². The number of carbonyl (C=O) groups is 2. The Labute approximate surface area is 185 Å². The Morgan fingerprint density at radius 1 is 1.16 bits per heavy atom. The number of likely N-dealkylation sites (N-methyl/N-ethyl adjacent to an activating group) is 1. The van der Waals surface area contributed by atoms with Gasteiger partial charge in [-0.15, -0.1) is 0 Å². The number of carbonyl (C=O) groups excluding carboxylic acids is 2. The zero-order valence-corrected chi connectivity index (χ0v) is 19.3. The number of anilines is 1. The third-order valence-corrected chi connectivity index (χ3v) is 5.74. The van der Waals surface area contributed by atoms with Crippen molar-refractivity contribution in [3.63, 3.8) is 0 Å². The van der Waals surface area contributed by atoms with E-state index in [4.69, 9.17) is 9.97 Å². The lowest BCUT2D eigenvalue weighted by Crippen LogP contribution is -2.38. The molecule has 0 N–H and O–H groups in total. The zero-order chi connectivity index (χ0) is 22.5. The van der Waals surface area contributed by atoms with Crippen molar-refractivity contribution in [1.82, 2.24) is 19.8 Å². The smallest absolute Gasteiger partial charge is 0.227 e. The van der Waals surface area contributed by atoms with Crippen LogP contribution >= 0.6 is 0 Å². The van der Waals surface area contributed by atoms with E-state index in [9.17, 15) is 9.59 Å². The molecular formula is C24H33N5O2. The number of amides is 2. The van der Waals surface area contributed by atoms with Gasteiger partial charge in [-0.1, -0.05) is 29.8 Å². The highest BCUT2D eigenvalue weighted by atomic mass is 16.2. The van der Waals surface area contributed by atoms with E-state index in [1.54, 1.807) is 11.8 Å². The summed E-state index contributed by atoms with van der Waals surface area (Å²) in [6, 6.07) is 9.97. The summed E-state index contributed by atoms with van der Waals surface area (Å²) < 4.78 is 0. The fourth-order valence-electron chi connectivity index (χ4n) is 3.93. The molecule has 1 saturated heterocycles. The summed E-state index contributed by atoms with van der Waals surface area (Å²) in [6.45, 7) is 5.50. The molecule has 166 valence electrons. The van der Waals surface area contributed by atoms with Crippen LogP contribution in [0.2, 0.25) is 0 Å². The molecule has 0 saturated carbocycles. The van der Waals surface area contributed by atoms with Crippen LogP contribution in [0.15, 0.2) is 30.3 Å². The number of hydrogen-bond acceptors (Lipinski definition) is 5. The van der Waals surface area contributed by atoms with Gasteiger partial charge < -0.3 is 14.7 Å². The van der Waals surface area contributed by atoms with Gasteiger partial charge in [0.2, 0.25) is 11.8 Å². The lowest BCUT2D eigenvalue weighted by Gasteiger charge is -2.31. The molecule has 7 heteroatoms. The van der Waals surface area contributed by atoms with Crippen molar-refractivity contribution in [3.8, 4) is 0 Å². The minimum atomic E-state index is 0.0533. The van der Waals surface area contributed by atoms with Gasteiger partial charge in [-0.25, -0.2) is 9.97 Å². The van der Waals surface area contributed by atoms with Crippen LogP contribution in [0, 0.1) is 6.92 Å². The third-order valence-electron chi connectivity index (χ3n) is 5.74. The molecule has 1 atom stereocenters. The van der Waals surface area contributed by atoms with Gasteiger partial charge in [-0.3, -0.25) is 9.59 Å². The van der Waals surface area contributed by atoms with Gasteiger partial charge in [0.05, 0.1) is 18.7 Å². The van der Waals surface area contributed by atoms with E-state index >= 15 is 0 Å². The molecule has 0 radical (unpaired) electrons. The number of nitrogens with zero attached hydrogens (tertiary/aromatic N) is 5. The predicted octanol–water partition coefficient (Wildman–Crippen LogP) is 2.78. The number of aryl methyl sites for hydroxylation is 1. The molecule has 2 amide bonds. The minimum absolute atomic E-state index is 0.0533. The monoisotopic (exact) mass is 423 g/mol. The van der Waals surface area contributed by atoms with Crippen molar-refractivity contribution in [2.45, 2.75) is 45.6 Å². The standard InChI is InChI=1S/C24H33N5O2/c1-17-8-6-9-19(12-17)13-23(31)28(5)16-21-14-22(27(3)4)26-24(25-21)20-10-7-11-29(15-20)18(2)30/h6,8-9,12,14,20H,7,10-11,13,15-16H2,1-5H3. The first kappa shape index (κ1) is 22.7. The summed E-state index contributed by atoms with van der Waals surface area (Å²) in [5.41, 5.74) is 2.98. The molecule has 1 aliphatic rings. The van der Waals surface area contributed by atoms with Gasteiger partial charge in [-0.05, 0) is 25.3 Å². The fourth-order valence-corrected chi connectivity index (χ4v) is 3.93. The molecule has 0 spiro atoms. The first-order chi connectivity index (χ1) is 14.7. The average Bonchev–Trinajstić information content (AvgIpc) is 2.73. The molecule has 7 nitrogen and oxygen atoms in total. The highest BCUT2D eigenvalue weighted by Crippen LogP contribution is 2.26. The highest BCUT2D eigenvalue weighted by molar-refractivity contribution is 5.78. The van der Waals surface area contributed by atoms with E-state index in [0.717, 1.165) is 47.8 Å². The van der Waals surface area contributed by atoms with Crippen LogP contribution in [0.5, 0.6) is 0 Å². The maximum Gasteiger partial charge on any atom is 0.227 e. The second-order valence-electron chi connectivity index (χ2n) is 8.69. The van der Waals surface area contributed by atoms with Crippen molar-refractivity contribution < 1.29 is 9.59 Å². The van der Waals surface area contributed by atoms with Gasteiger partial charge >= 0.3 is 0 Å². The van der Waals surface area contributed by atoms with E-state index in [0.29, 0.717) is 19.5 Å². The largest absolute Gasteiger partial charge is 0.363 e. The van der Waals surface area contributed by atoms with Crippen LogP contribution in [0.1, 0.15) is 48.3 Å². The van der Waals surface area contributed by atoms with Gasteiger partial charge in [0.25, 0.3) is 0 Å². The summed E-state index contributed by atoms with van der Waals surface area (Å²) in [4.78, 5) is 39.7. The van der Waals surface area contributed by atoms with E-state index in [1.165, 1.54) is 0 Å². The van der Waals surface area contributed by atoms with E-state index in [1.807, 2.05) is 68.2 Å². The molecule has 1 unspecified atom stereocenters. The number of hydrogen-bond donors (Lipinski definition) is 0. The average molecular weight is 424 g/mol. The summed E-state index contributed by atoms with van der Waals surface area (Å²) in [6.07, 6.45) is 2.28. The molecule has 3 rings (SSSR count). The van der Waals surface area contributed by atoms with Crippen LogP contribution in [-0.4, -0.2) is 65.8 Å². The first-order valence-corrected chi connectivity index (χ1v) is 10.8. The van der Waals surface area contributed by atoms with Crippen molar-refractivity contribution >= 4 is 17.6 Å². The summed E-state index contributed by atoms with van der Waals surface area (Å²) in [5.74, 6) is 1.84.